The molecule has 2 bridgehead atoms. The highest BCUT2D eigenvalue weighted by atomic mass is 32.1. The summed E-state index contributed by atoms with van der Waals surface area (Å²) in [7, 11) is 0. The third kappa shape index (κ3) is 2.02. The van der Waals surface area contributed by atoms with Crippen LogP contribution >= 0.6 is 11.3 Å². The van der Waals surface area contributed by atoms with Gasteiger partial charge in [0, 0.05) is 4.70 Å². The van der Waals surface area contributed by atoms with Crippen LogP contribution in [0.25, 0.3) is 10.1 Å². The predicted octanol–water partition coefficient (Wildman–Crippen LogP) is 4.76. The zero-order chi connectivity index (χ0) is 12.8. The zero-order valence-electron chi connectivity index (χ0n) is 11.1. The van der Waals surface area contributed by atoms with Gasteiger partial charge in [-0.25, -0.2) is 0 Å². The van der Waals surface area contributed by atoms with Crippen molar-refractivity contribution in [3.63, 3.8) is 0 Å². The fraction of sp³-hybridized carbons (Fsp3) is 0.529. The summed E-state index contributed by atoms with van der Waals surface area (Å²) in [6, 6.07) is 8.47. The van der Waals surface area contributed by atoms with Crippen molar-refractivity contribution in [3.05, 3.63) is 35.2 Å². The Kier molecular flexibility index (Phi) is 2.89. The van der Waals surface area contributed by atoms with Crippen LogP contribution in [-0.4, -0.2) is 5.11 Å². The lowest BCUT2D eigenvalue weighted by molar-refractivity contribution is 0.127. The lowest BCUT2D eigenvalue weighted by Gasteiger charge is -2.24. The number of hydrogen-bond acceptors (Lipinski definition) is 2. The Morgan fingerprint density at radius 2 is 2.16 bits per heavy atom. The van der Waals surface area contributed by atoms with Crippen LogP contribution in [0.5, 0.6) is 0 Å². The van der Waals surface area contributed by atoms with E-state index in [2.05, 4.69) is 29.6 Å². The molecule has 2 fully saturated rings. The Morgan fingerprint density at radius 1 is 1.21 bits per heavy atom. The van der Waals surface area contributed by atoms with Crippen molar-refractivity contribution in [1.29, 1.82) is 0 Å². The highest BCUT2D eigenvalue weighted by molar-refractivity contribution is 7.17. The predicted molar refractivity (Wildman–Crippen MR) is 80.3 cm³/mol. The second-order valence-electron chi connectivity index (χ2n) is 6.37. The fourth-order valence-electron chi connectivity index (χ4n) is 4.36. The van der Waals surface area contributed by atoms with Crippen LogP contribution in [0.15, 0.2) is 29.6 Å². The summed E-state index contributed by atoms with van der Waals surface area (Å²) in [6.45, 7) is 0. The Hall–Kier alpha value is -0.860. The van der Waals surface area contributed by atoms with E-state index in [1.165, 1.54) is 35.8 Å². The van der Waals surface area contributed by atoms with Crippen molar-refractivity contribution in [3.8, 4) is 0 Å². The molecule has 2 aliphatic rings. The molecule has 0 amide bonds. The van der Waals surface area contributed by atoms with E-state index in [0.717, 1.165) is 29.7 Å². The van der Waals surface area contributed by atoms with Crippen LogP contribution in [-0.2, 0) is 0 Å². The number of rotatable bonds is 3. The van der Waals surface area contributed by atoms with Gasteiger partial charge in [0.05, 0.1) is 6.10 Å². The fourth-order valence-corrected chi connectivity index (χ4v) is 5.32. The summed E-state index contributed by atoms with van der Waals surface area (Å²) in [4.78, 5) is 0. The standard InChI is InChI=1S/C17H20OS/c18-16(10-14-9-11-4-5-13(14)8-11)15-3-1-2-12-6-7-19-17(12)15/h1-3,6-7,11,13-14,16,18H,4-5,8-10H2. The molecule has 1 N–H and O–H groups in total. The Morgan fingerprint density at radius 3 is 2.95 bits per heavy atom. The molecule has 0 spiro atoms. The van der Waals surface area contributed by atoms with Gasteiger partial charge in [-0.05, 0) is 65.8 Å². The molecule has 2 aliphatic carbocycles. The molecule has 2 heteroatoms. The van der Waals surface area contributed by atoms with Crippen molar-refractivity contribution < 1.29 is 5.11 Å². The first-order chi connectivity index (χ1) is 9.31. The second-order valence-corrected chi connectivity index (χ2v) is 7.29. The van der Waals surface area contributed by atoms with Gasteiger partial charge in [-0.1, -0.05) is 24.6 Å². The van der Waals surface area contributed by atoms with E-state index in [1.54, 1.807) is 11.3 Å². The topological polar surface area (TPSA) is 20.2 Å². The molecule has 2 aromatic rings. The Labute approximate surface area is 118 Å². The molecule has 1 heterocycles. The van der Waals surface area contributed by atoms with Crippen molar-refractivity contribution >= 4 is 21.4 Å². The van der Waals surface area contributed by atoms with E-state index in [-0.39, 0.29) is 6.10 Å². The molecule has 4 rings (SSSR count). The molecule has 0 radical (unpaired) electrons. The normalized spacial score (nSPS) is 31.1. The first-order valence-electron chi connectivity index (χ1n) is 7.45. The SMILES string of the molecule is OC(CC1CC2CCC1C2)c1cccc2ccsc12. The highest BCUT2D eigenvalue weighted by Crippen LogP contribution is 2.51. The van der Waals surface area contributed by atoms with Gasteiger partial charge in [0.1, 0.15) is 0 Å². The molecule has 1 aromatic heterocycles. The monoisotopic (exact) mass is 272 g/mol. The van der Waals surface area contributed by atoms with Crippen LogP contribution in [0, 0.1) is 17.8 Å². The van der Waals surface area contributed by atoms with Gasteiger partial charge >= 0.3 is 0 Å². The number of benzene rings is 1. The second kappa shape index (κ2) is 4.60. The lowest BCUT2D eigenvalue weighted by Crippen LogP contribution is -2.14. The third-order valence-corrected chi connectivity index (χ3v) is 6.26. The van der Waals surface area contributed by atoms with Crippen LogP contribution in [0.3, 0.4) is 0 Å². The summed E-state index contributed by atoms with van der Waals surface area (Å²) in [5, 5.41) is 14.0. The van der Waals surface area contributed by atoms with Crippen LogP contribution in [0.4, 0.5) is 0 Å². The quantitative estimate of drug-likeness (QED) is 0.854. The van der Waals surface area contributed by atoms with E-state index in [0.29, 0.717) is 0 Å². The average molecular weight is 272 g/mol. The van der Waals surface area contributed by atoms with Gasteiger partial charge in [-0.2, -0.15) is 0 Å². The number of thiophene rings is 1. The molecular formula is C17H20OS. The van der Waals surface area contributed by atoms with Gasteiger partial charge in [0.2, 0.25) is 0 Å². The first-order valence-corrected chi connectivity index (χ1v) is 8.33. The molecule has 1 aromatic carbocycles. The number of hydrogen-bond donors (Lipinski definition) is 1. The number of aliphatic hydroxyl groups is 1. The number of aliphatic hydroxyl groups excluding tert-OH is 1. The van der Waals surface area contributed by atoms with Crippen LogP contribution in [0.2, 0.25) is 0 Å². The minimum Gasteiger partial charge on any atom is -0.388 e. The molecular weight excluding hydrogens is 252 g/mol. The molecule has 0 aliphatic heterocycles. The van der Waals surface area contributed by atoms with Gasteiger partial charge in [-0.3, -0.25) is 0 Å². The van der Waals surface area contributed by atoms with Gasteiger partial charge in [-0.15, -0.1) is 11.3 Å². The van der Waals surface area contributed by atoms with E-state index in [9.17, 15) is 5.11 Å². The lowest BCUT2D eigenvalue weighted by atomic mass is 9.83. The van der Waals surface area contributed by atoms with Crippen molar-refractivity contribution in [2.45, 2.75) is 38.2 Å². The van der Waals surface area contributed by atoms with E-state index in [4.69, 9.17) is 0 Å². The van der Waals surface area contributed by atoms with E-state index in [1.807, 2.05) is 0 Å². The maximum atomic E-state index is 10.6. The molecule has 19 heavy (non-hydrogen) atoms. The Bertz CT molecular complexity index is 588. The smallest absolute Gasteiger partial charge is 0.0806 e. The Balaban J connectivity index is 1.57. The maximum absolute atomic E-state index is 10.6. The van der Waals surface area contributed by atoms with Crippen LogP contribution < -0.4 is 0 Å². The molecule has 4 unspecified atom stereocenters. The van der Waals surface area contributed by atoms with Gasteiger partial charge in [0.15, 0.2) is 0 Å². The minimum atomic E-state index is -0.272. The molecule has 100 valence electrons. The molecule has 0 saturated heterocycles. The highest BCUT2D eigenvalue weighted by Gasteiger charge is 2.40. The molecule has 2 saturated carbocycles. The number of fused-ring (bicyclic) bond motifs is 3. The van der Waals surface area contributed by atoms with E-state index >= 15 is 0 Å². The van der Waals surface area contributed by atoms with Crippen molar-refractivity contribution in [2.24, 2.45) is 17.8 Å². The summed E-state index contributed by atoms with van der Waals surface area (Å²) < 4.78 is 1.28. The summed E-state index contributed by atoms with van der Waals surface area (Å²) in [5.41, 5.74) is 1.15. The third-order valence-electron chi connectivity index (χ3n) is 5.28. The van der Waals surface area contributed by atoms with Crippen molar-refractivity contribution in [1.82, 2.24) is 0 Å². The van der Waals surface area contributed by atoms with Gasteiger partial charge in [0.25, 0.3) is 0 Å². The minimum absolute atomic E-state index is 0.272. The largest absolute Gasteiger partial charge is 0.388 e. The first kappa shape index (κ1) is 11.9. The summed E-state index contributed by atoms with van der Waals surface area (Å²) in [6.07, 6.45) is 6.34. The summed E-state index contributed by atoms with van der Waals surface area (Å²) >= 11 is 1.76. The zero-order valence-corrected chi connectivity index (χ0v) is 11.9. The van der Waals surface area contributed by atoms with Crippen LogP contribution in [0.1, 0.15) is 43.8 Å². The van der Waals surface area contributed by atoms with Crippen molar-refractivity contribution in [2.75, 3.05) is 0 Å². The molecule has 1 nitrogen and oxygen atoms in total. The maximum Gasteiger partial charge on any atom is 0.0806 e. The average Bonchev–Trinajstić information content (AvgIpc) is 3.13. The van der Waals surface area contributed by atoms with Gasteiger partial charge < -0.3 is 5.11 Å². The molecule has 4 atom stereocenters. The summed E-state index contributed by atoms with van der Waals surface area (Å²) in [5.74, 6) is 2.64. The van der Waals surface area contributed by atoms with E-state index < -0.39 is 0 Å².